The van der Waals surface area contributed by atoms with Crippen LogP contribution in [0.4, 0.5) is 10.2 Å². The van der Waals surface area contributed by atoms with Crippen molar-refractivity contribution in [1.29, 1.82) is 0 Å². The molecule has 1 aliphatic rings. The number of imidazole rings is 1. The Balaban J connectivity index is 1.68. The largest absolute Gasteiger partial charge is 0.344 e. The zero-order valence-electron chi connectivity index (χ0n) is 16.0. The molecular formula is C20H23FN6O. The Morgan fingerprint density at radius 2 is 2.07 bits per heavy atom. The maximum absolute atomic E-state index is 13.7. The first-order valence-corrected chi connectivity index (χ1v) is 9.63. The molecule has 3 aromatic rings. The van der Waals surface area contributed by atoms with E-state index < -0.39 is 0 Å². The number of carbonyl (C=O) groups is 1. The van der Waals surface area contributed by atoms with Gasteiger partial charge >= 0.3 is 0 Å². The van der Waals surface area contributed by atoms with Gasteiger partial charge in [-0.15, -0.1) is 0 Å². The van der Waals surface area contributed by atoms with Crippen molar-refractivity contribution in [3.05, 3.63) is 42.6 Å². The summed E-state index contributed by atoms with van der Waals surface area (Å²) in [5, 5.41) is 0. The molecule has 146 valence electrons. The second-order valence-electron chi connectivity index (χ2n) is 6.82. The highest BCUT2D eigenvalue weighted by Gasteiger charge is 2.34. The molecule has 0 aliphatic carbocycles. The van der Waals surface area contributed by atoms with E-state index in [1.807, 2.05) is 24.8 Å². The van der Waals surface area contributed by atoms with Crippen molar-refractivity contribution in [1.82, 2.24) is 24.3 Å². The molecule has 1 saturated heterocycles. The highest BCUT2D eigenvalue weighted by atomic mass is 19.1. The number of anilines is 1. The number of aromatic nitrogens is 4. The Hall–Kier alpha value is -3.03. The van der Waals surface area contributed by atoms with Crippen molar-refractivity contribution in [2.24, 2.45) is 0 Å². The van der Waals surface area contributed by atoms with Gasteiger partial charge in [-0.2, -0.15) is 0 Å². The topological polar surface area (TPSA) is 66.6 Å². The Morgan fingerprint density at radius 3 is 2.86 bits per heavy atom. The molecular weight excluding hydrogens is 359 g/mol. The Bertz CT molecular complexity index is 999. The van der Waals surface area contributed by atoms with Gasteiger partial charge in [0.25, 0.3) is 0 Å². The molecule has 0 saturated carbocycles. The summed E-state index contributed by atoms with van der Waals surface area (Å²) in [5.41, 5.74) is 1.24. The number of rotatable bonds is 5. The minimum atomic E-state index is -0.354. The number of likely N-dealkylation sites (N-methyl/N-ethyl adjacent to an activating group) is 1. The number of amides is 1. The third-order valence-corrected chi connectivity index (χ3v) is 5.25. The lowest BCUT2D eigenvalue weighted by molar-refractivity contribution is -0.132. The fourth-order valence-corrected chi connectivity index (χ4v) is 3.80. The van der Waals surface area contributed by atoms with Gasteiger partial charge in [-0.1, -0.05) is 0 Å². The van der Waals surface area contributed by atoms with Crippen molar-refractivity contribution in [3.8, 4) is 11.5 Å². The fourth-order valence-electron chi connectivity index (χ4n) is 3.80. The summed E-state index contributed by atoms with van der Waals surface area (Å²) in [5.74, 6) is 0.947. The smallest absolute Gasteiger partial charge is 0.245 e. The van der Waals surface area contributed by atoms with Gasteiger partial charge in [-0.05, 0) is 44.9 Å². The first-order chi connectivity index (χ1) is 13.6. The van der Waals surface area contributed by atoms with Crippen LogP contribution in [0.15, 0.2) is 36.8 Å². The van der Waals surface area contributed by atoms with Crippen LogP contribution in [0.3, 0.4) is 0 Å². The van der Waals surface area contributed by atoms with Crippen LogP contribution in [0.25, 0.3) is 17.2 Å². The lowest BCUT2D eigenvalue weighted by Gasteiger charge is -2.29. The number of hydrogen-bond acceptors (Lipinski definition) is 5. The summed E-state index contributed by atoms with van der Waals surface area (Å²) in [4.78, 5) is 30.1. The van der Waals surface area contributed by atoms with E-state index in [-0.39, 0.29) is 17.8 Å². The van der Waals surface area contributed by atoms with Gasteiger partial charge in [-0.3, -0.25) is 9.20 Å². The number of nitrogens with zero attached hydrogens (tertiary/aromatic N) is 6. The van der Waals surface area contributed by atoms with E-state index in [4.69, 9.17) is 0 Å². The molecule has 1 amide bonds. The highest BCUT2D eigenvalue weighted by molar-refractivity contribution is 5.85. The predicted octanol–water partition coefficient (Wildman–Crippen LogP) is 2.77. The van der Waals surface area contributed by atoms with Crippen LogP contribution in [0.5, 0.6) is 0 Å². The van der Waals surface area contributed by atoms with Gasteiger partial charge in [0.05, 0.1) is 6.20 Å². The average molecular weight is 382 g/mol. The van der Waals surface area contributed by atoms with E-state index in [1.54, 1.807) is 22.9 Å². The van der Waals surface area contributed by atoms with Crippen LogP contribution < -0.4 is 4.90 Å². The fraction of sp³-hybridized carbons (Fsp3) is 0.400. The molecule has 4 heterocycles. The zero-order valence-corrected chi connectivity index (χ0v) is 16.0. The normalized spacial score (nSPS) is 16.7. The number of hydrogen-bond donors (Lipinski definition) is 0. The molecule has 4 rings (SSSR count). The number of pyridine rings is 1. The van der Waals surface area contributed by atoms with Crippen molar-refractivity contribution < 1.29 is 9.18 Å². The van der Waals surface area contributed by atoms with Crippen molar-refractivity contribution >= 4 is 17.4 Å². The molecule has 8 heteroatoms. The van der Waals surface area contributed by atoms with Crippen molar-refractivity contribution in [2.45, 2.75) is 32.7 Å². The Kier molecular flexibility index (Phi) is 4.93. The molecule has 7 nitrogen and oxygen atoms in total. The molecule has 28 heavy (non-hydrogen) atoms. The van der Waals surface area contributed by atoms with E-state index in [1.165, 1.54) is 12.3 Å². The zero-order chi connectivity index (χ0) is 19.7. The van der Waals surface area contributed by atoms with E-state index in [0.29, 0.717) is 36.1 Å². The predicted molar refractivity (Wildman–Crippen MR) is 104 cm³/mol. The molecule has 1 aliphatic heterocycles. The first kappa shape index (κ1) is 18.3. The maximum Gasteiger partial charge on any atom is 0.245 e. The van der Waals surface area contributed by atoms with Gasteiger partial charge in [-0.25, -0.2) is 19.3 Å². The SMILES string of the molecule is CCN(CC)C(=O)C1CCCN1c1ccnc(-c2cnc3ccc(F)cn23)n1. The summed E-state index contributed by atoms with van der Waals surface area (Å²) < 4.78 is 15.3. The molecule has 3 aromatic heterocycles. The van der Waals surface area contributed by atoms with Crippen LogP contribution in [0, 0.1) is 5.82 Å². The minimum Gasteiger partial charge on any atom is -0.344 e. The third kappa shape index (κ3) is 3.19. The maximum atomic E-state index is 13.7. The summed E-state index contributed by atoms with van der Waals surface area (Å²) in [6.07, 6.45) is 6.44. The summed E-state index contributed by atoms with van der Waals surface area (Å²) in [6.45, 7) is 6.15. The molecule has 1 unspecified atom stereocenters. The molecule has 0 radical (unpaired) electrons. The lowest BCUT2D eigenvalue weighted by Crippen LogP contribution is -2.46. The number of fused-ring (bicyclic) bond motifs is 1. The lowest BCUT2D eigenvalue weighted by atomic mass is 10.2. The highest BCUT2D eigenvalue weighted by Crippen LogP contribution is 2.27. The van der Waals surface area contributed by atoms with E-state index in [2.05, 4.69) is 19.9 Å². The van der Waals surface area contributed by atoms with Crippen LogP contribution in [-0.4, -0.2) is 55.8 Å². The van der Waals surface area contributed by atoms with Crippen LogP contribution in [-0.2, 0) is 4.79 Å². The number of halogens is 1. The van der Waals surface area contributed by atoms with Crippen LogP contribution in [0.1, 0.15) is 26.7 Å². The van der Waals surface area contributed by atoms with Crippen molar-refractivity contribution in [3.63, 3.8) is 0 Å². The molecule has 0 bridgehead atoms. The molecule has 1 fully saturated rings. The molecule has 1 atom stereocenters. The summed E-state index contributed by atoms with van der Waals surface area (Å²) >= 11 is 0. The van der Waals surface area contributed by atoms with Gasteiger partial charge in [0.2, 0.25) is 5.91 Å². The first-order valence-electron chi connectivity index (χ1n) is 9.63. The second-order valence-corrected chi connectivity index (χ2v) is 6.82. The number of carbonyl (C=O) groups excluding carboxylic acids is 1. The van der Waals surface area contributed by atoms with E-state index >= 15 is 0 Å². The van der Waals surface area contributed by atoms with Crippen LogP contribution >= 0.6 is 0 Å². The standard InChI is InChI=1S/C20H23FN6O/c1-3-25(4-2)20(28)15-6-5-11-26(15)18-9-10-22-19(24-18)16-12-23-17-8-7-14(21)13-27(16)17/h7-10,12-13,15H,3-6,11H2,1-2H3. The molecule has 0 spiro atoms. The summed E-state index contributed by atoms with van der Waals surface area (Å²) in [7, 11) is 0. The summed E-state index contributed by atoms with van der Waals surface area (Å²) in [6, 6.07) is 4.60. The van der Waals surface area contributed by atoms with Gasteiger partial charge in [0, 0.05) is 32.0 Å². The average Bonchev–Trinajstić information content (AvgIpc) is 3.36. The monoisotopic (exact) mass is 382 g/mol. The molecule has 0 aromatic carbocycles. The van der Waals surface area contributed by atoms with Gasteiger partial charge < -0.3 is 9.80 Å². The third-order valence-electron chi connectivity index (χ3n) is 5.25. The Morgan fingerprint density at radius 1 is 1.25 bits per heavy atom. The quantitative estimate of drug-likeness (QED) is 0.679. The minimum absolute atomic E-state index is 0.138. The van der Waals surface area contributed by atoms with E-state index in [9.17, 15) is 9.18 Å². The van der Waals surface area contributed by atoms with E-state index in [0.717, 1.165) is 19.4 Å². The van der Waals surface area contributed by atoms with Gasteiger partial charge in [0.15, 0.2) is 5.82 Å². The Labute approximate surface area is 162 Å². The van der Waals surface area contributed by atoms with Gasteiger partial charge in [0.1, 0.15) is 29.0 Å². The van der Waals surface area contributed by atoms with Crippen molar-refractivity contribution in [2.75, 3.05) is 24.5 Å². The second kappa shape index (κ2) is 7.53. The molecule has 0 N–H and O–H groups in total. The van der Waals surface area contributed by atoms with Crippen LogP contribution in [0.2, 0.25) is 0 Å².